The normalized spacial score (nSPS) is 20.5. The van der Waals surface area contributed by atoms with Crippen molar-refractivity contribution in [2.45, 2.75) is 51.2 Å². The van der Waals surface area contributed by atoms with Gasteiger partial charge in [-0.2, -0.15) is 5.26 Å². The number of allylic oxidation sites excluding steroid dienone is 4. The third-order valence-corrected chi connectivity index (χ3v) is 9.01. The van der Waals surface area contributed by atoms with Gasteiger partial charge in [-0.15, -0.1) is 11.6 Å². The number of aryl methyl sites for hydroxylation is 1. The van der Waals surface area contributed by atoms with Gasteiger partial charge in [-0.3, -0.25) is 19.1 Å². The van der Waals surface area contributed by atoms with Crippen molar-refractivity contribution in [2.75, 3.05) is 24.5 Å². The zero-order chi connectivity index (χ0) is 33.8. The Bertz CT molecular complexity index is 1970. The van der Waals surface area contributed by atoms with Crippen LogP contribution in [0.25, 0.3) is 22.3 Å². The summed E-state index contributed by atoms with van der Waals surface area (Å²) in [4.78, 5) is 39.4. The zero-order valence-electron chi connectivity index (χ0n) is 25.4. The number of hydrogen-bond donors (Lipinski definition) is 1. The van der Waals surface area contributed by atoms with E-state index in [0.29, 0.717) is 16.9 Å². The zero-order valence-corrected chi connectivity index (χ0v) is 26.9. The van der Waals surface area contributed by atoms with Crippen LogP contribution < -0.4 is 16.2 Å². The third kappa shape index (κ3) is 5.21. The number of halogens is 5. The molecule has 0 radical (unpaired) electrons. The van der Waals surface area contributed by atoms with Crippen molar-refractivity contribution in [1.29, 1.82) is 5.26 Å². The van der Waals surface area contributed by atoms with E-state index < -0.39 is 40.0 Å². The van der Waals surface area contributed by atoms with Crippen molar-refractivity contribution in [2.24, 2.45) is 5.73 Å². The molecule has 14 heteroatoms. The van der Waals surface area contributed by atoms with Crippen molar-refractivity contribution < 1.29 is 18.0 Å². The van der Waals surface area contributed by atoms with E-state index in [1.165, 1.54) is 16.7 Å². The first-order valence-electron chi connectivity index (χ1n) is 14.4. The molecule has 1 aliphatic heterocycles. The van der Waals surface area contributed by atoms with Crippen LogP contribution >= 0.6 is 23.2 Å². The van der Waals surface area contributed by atoms with E-state index in [2.05, 4.69) is 22.6 Å². The van der Waals surface area contributed by atoms with Gasteiger partial charge in [0, 0.05) is 43.0 Å². The third-order valence-electron chi connectivity index (χ3n) is 8.27. The summed E-state index contributed by atoms with van der Waals surface area (Å²) in [5, 5.41) is 8.70. The number of amides is 1. The van der Waals surface area contributed by atoms with Crippen molar-refractivity contribution in [3.8, 4) is 11.8 Å². The van der Waals surface area contributed by atoms with E-state index in [0.717, 1.165) is 0 Å². The molecular formula is C32H30Cl2F3N7O2. The molecule has 2 N–H and O–H groups in total. The fourth-order valence-corrected chi connectivity index (χ4v) is 6.47. The van der Waals surface area contributed by atoms with Crippen LogP contribution in [-0.2, 0) is 4.79 Å². The van der Waals surface area contributed by atoms with Gasteiger partial charge >= 0.3 is 0 Å². The van der Waals surface area contributed by atoms with Crippen LogP contribution in [0.4, 0.5) is 18.9 Å². The van der Waals surface area contributed by atoms with E-state index in [-0.39, 0.29) is 70.5 Å². The number of nitriles is 1. The van der Waals surface area contributed by atoms with Gasteiger partial charge in [-0.25, -0.2) is 18.2 Å². The van der Waals surface area contributed by atoms with E-state index >= 15 is 4.39 Å². The average Bonchev–Trinajstić information content (AvgIpc) is 3.02. The Balaban J connectivity index is 1.91. The molecule has 240 valence electrons. The molecule has 2 aliphatic rings. The number of nitrogens with two attached hydrogens (primary N) is 1. The molecule has 9 nitrogen and oxygen atoms in total. The highest BCUT2D eigenvalue weighted by Crippen LogP contribution is 2.43. The number of pyridine rings is 3. The number of nitrogens with zero attached hydrogens (tertiary/aromatic N) is 6. The number of carbonyl (C=O) groups is 1. The summed E-state index contributed by atoms with van der Waals surface area (Å²) in [6, 6.07) is 4.79. The lowest BCUT2D eigenvalue weighted by atomic mass is 9.96. The Labute approximate surface area is 273 Å². The highest BCUT2D eigenvalue weighted by molar-refractivity contribution is 6.33. The fraction of sp³-hybridized carbons (Fsp3) is 0.344. The number of rotatable bonds is 5. The summed E-state index contributed by atoms with van der Waals surface area (Å²) in [6.45, 7) is 11.6. The number of alkyl halides is 2. The second kappa shape index (κ2) is 12.5. The topological polar surface area (TPSA) is 121 Å². The Hall–Kier alpha value is -4.34. The van der Waals surface area contributed by atoms with Gasteiger partial charge in [-0.05, 0) is 43.5 Å². The quantitative estimate of drug-likeness (QED) is 0.271. The molecule has 5 rings (SSSR count). The molecule has 4 heterocycles. The first-order valence-corrected chi connectivity index (χ1v) is 15.2. The molecular weight excluding hydrogens is 642 g/mol. The minimum Gasteiger partial charge on any atom is -0.400 e. The summed E-state index contributed by atoms with van der Waals surface area (Å²) in [6.07, 6.45) is 0.287. The number of fused-ring (bicyclic) bond motifs is 1. The Morgan fingerprint density at radius 3 is 2.59 bits per heavy atom. The van der Waals surface area contributed by atoms with Crippen molar-refractivity contribution in [1.82, 2.24) is 19.4 Å². The summed E-state index contributed by atoms with van der Waals surface area (Å²) in [5.41, 5.74) is 5.16. The van der Waals surface area contributed by atoms with Gasteiger partial charge in [0.05, 0.1) is 33.4 Å². The highest BCUT2D eigenvalue weighted by Gasteiger charge is 2.39. The lowest BCUT2D eigenvalue weighted by Gasteiger charge is -2.41. The van der Waals surface area contributed by atoms with Gasteiger partial charge < -0.3 is 15.5 Å². The molecule has 2 unspecified atom stereocenters. The molecule has 0 bridgehead atoms. The largest absolute Gasteiger partial charge is 0.400 e. The van der Waals surface area contributed by atoms with E-state index in [4.69, 9.17) is 28.9 Å². The highest BCUT2D eigenvalue weighted by atomic mass is 35.5. The minimum absolute atomic E-state index is 0.0596. The Kier molecular flexibility index (Phi) is 8.94. The van der Waals surface area contributed by atoms with Crippen molar-refractivity contribution in [3.63, 3.8) is 0 Å². The SMILES string of the molecule is C=CC(=O)N1CCN(c2c(C#N)c(=O)n(-c3c(C)ccnc3C(C)C)c3nc(C4=C(N)C(Cl)C(F)C(F)=C4F)c(Cl)cc23)C[C@H]1C. The van der Waals surface area contributed by atoms with Crippen LogP contribution in [0, 0.1) is 18.3 Å². The molecule has 0 aromatic carbocycles. The number of carbonyl (C=O) groups excluding carboxylic acids is 1. The van der Waals surface area contributed by atoms with Crippen molar-refractivity contribution >= 4 is 51.4 Å². The van der Waals surface area contributed by atoms with Crippen LogP contribution in [0.5, 0.6) is 0 Å². The molecule has 3 atom stereocenters. The van der Waals surface area contributed by atoms with Gasteiger partial charge in [-0.1, -0.05) is 32.0 Å². The fourth-order valence-electron chi connectivity index (χ4n) is 6.00. The second-order valence-electron chi connectivity index (χ2n) is 11.5. The summed E-state index contributed by atoms with van der Waals surface area (Å²) in [5.74, 6) is -3.82. The van der Waals surface area contributed by atoms with Crippen LogP contribution in [0.1, 0.15) is 49.2 Å². The maximum absolute atomic E-state index is 15.4. The maximum atomic E-state index is 15.4. The first kappa shape index (κ1) is 33.0. The van der Waals surface area contributed by atoms with Crippen LogP contribution in [0.15, 0.2) is 53.1 Å². The Morgan fingerprint density at radius 1 is 1.28 bits per heavy atom. The molecule has 1 saturated heterocycles. The van der Waals surface area contributed by atoms with Gasteiger partial charge in [0.2, 0.25) is 5.91 Å². The average molecular weight is 673 g/mol. The van der Waals surface area contributed by atoms with Crippen LogP contribution in [0.3, 0.4) is 0 Å². The van der Waals surface area contributed by atoms with Crippen molar-refractivity contribution in [3.05, 3.63) is 86.2 Å². The molecule has 0 spiro atoms. The monoisotopic (exact) mass is 671 g/mol. The molecule has 3 aromatic heterocycles. The second-order valence-corrected chi connectivity index (χ2v) is 12.4. The maximum Gasteiger partial charge on any atom is 0.276 e. The number of piperazine rings is 1. The standard InChI is InChI=1S/C32H30Cl2F3N7O2/c1-6-20(45)43-10-9-42(13-16(43)5)30-17-11-19(33)28(21-23(35)25(37)24(36)22(34)26(21)39)41-31(17)44(32(46)18(30)12-38)29-15(4)7-8-40-27(29)14(2)3/h6-8,11,14,16,22,24H,1,9-10,13,39H2,2-5H3/t16-,22?,24?/m1/s1. The molecule has 1 aliphatic carbocycles. The van der Waals surface area contributed by atoms with E-state index in [1.54, 1.807) is 29.0 Å². The molecule has 46 heavy (non-hydrogen) atoms. The first-order chi connectivity index (χ1) is 21.7. The lowest BCUT2D eigenvalue weighted by molar-refractivity contribution is -0.128. The summed E-state index contributed by atoms with van der Waals surface area (Å²) >= 11 is 12.7. The summed E-state index contributed by atoms with van der Waals surface area (Å²) < 4.78 is 45.7. The van der Waals surface area contributed by atoms with Gasteiger partial charge in [0.15, 0.2) is 17.8 Å². The number of aromatic nitrogens is 3. The lowest BCUT2D eigenvalue weighted by Crippen LogP contribution is -2.54. The number of hydrogen-bond acceptors (Lipinski definition) is 7. The van der Waals surface area contributed by atoms with E-state index in [9.17, 15) is 23.6 Å². The molecule has 1 amide bonds. The Morgan fingerprint density at radius 2 is 1.98 bits per heavy atom. The predicted octanol–water partition coefficient (Wildman–Crippen LogP) is 5.74. The van der Waals surface area contributed by atoms with Crippen LogP contribution in [-0.4, -0.2) is 62.6 Å². The minimum atomic E-state index is -2.52. The molecule has 1 fully saturated rings. The number of anilines is 1. The predicted molar refractivity (Wildman–Crippen MR) is 172 cm³/mol. The molecule has 3 aromatic rings. The van der Waals surface area contributed by atoms with Crippen LogP contribution in [0.2, 0.25) is 5.02 Å². The smallest absolute Gasteiger partial charge is 0.276 e. The van der Waals surface area contributed by atoms with E-state index in [1.807, 2.05) is 20.8 Å². The van der Waals surface area contributed by atoms with Gasteiger partial charge in [0.25, 0.3) is 5.56 Å². The molecule has 0 saturated carbocycles. The summed E-state index contributed by atoms with van der Waals surface area (Å²) in [7, 11) is 0. The van der Waals surface area contributed by atoms with Gasteiger partial charge in [0.1, 0.15) is 22.7 Å².